The molecule has 1 atom stereocenters. The number of likely N-dealkylation sites (tertiary alicyclic amines) is 1. The summed E-state index contributed by atoms with van der Waals surface area (Å²) in [6, 6.07) is 19.3. The lowest BCUT2D eigenvalue weighted by molar-refractivity contribution is 0.0650. The number of nitriles is 1. The molecule has 4 rings (SSSR count). The van der Waals surface area contributed by atoms with Crippen LogP contribution < -0.4 is 10.6 Å². The van der Waals surface area contributed by atoms with Crippen molar-refractivity contribution in [3.63, 3.8) is 0 Å². The molecule has 0 saturated carbocycles. The molecule has 32 heavy (non-hydrogen) atoms. The zero-order valence-electron chi connectivity index (χ0n) is 18.7. The fourth-order valence-corrected chi connectivity index (χ4v) is 4.10. The highest BCUT2D eigenvalue weighted by molar-refractivity contribution is 5.94. The molecular weight excluding hydrogens is 400 g/mol. The van der Waals surface area contributed by atoms with Gasteiger partial charge in [-0.25, -0.2) is 4.68 Å². The van der Waals surface area contributed by atoms with Crippen molar-refractivity contribution in [3.05, 3.63) is 65.9 Å². The van der Waals surface area contributed by atoms with Gasteiger partial charge >= 0.3 is 0 Å². The summed E-state index contributed by atoms with van der Waals surface area (Å²) in [5, 5.41) is 13.8. The van der Waals surface area contributed by atoms with Crippen molar-refractivity contribution in [1.82, 2.24) is 14.7 Å². The summed E-state index contributed by atoms with van der Waals surface area (Å²) in [4.78, 5) is 17.1. The van der Waals surface area contributed by atoms with Crippen molar-refractivity contribution in [2.45, 2.75) is 25.3 Å². The molecule has 0 radical (unpaired) electrons. The van der Waals surface area contributed by atoms with E-state index in [1.807, 2.05) is 68.4 Å². The summed E-state index contributed by atoms with van der Waals surface area (Å²) in [6.07, 6.45) is 1.79. The average Bonchev–Trinajstić information content (AvgIpc) is 3.23. The third kappa shape index (κ3) is 4.36. The normalized spacial score (nSPS) is 18.3. The molecule has 2 aromatic carbocycles. The molecule has 164 valence electrons. The average molecular weight is 429 g/mol. The van der Waals surface area contributed by atoms with Crippen molar-refractivity contribution in [3.8, 4) is 23.0 Å². The third-order valence-electron chi connectivity index (χ3n) is 5.86. The zero-order chi connectivity index (χ0) is 22.9. The number of carbonyl (C=O) groups excluding carboxylic acids is 1. The van der Waals surface area contributed by atoms with Gasteiger partial charge in [-0.1, -0.05) is 12.1 Å². The molecule has 0 unspecified atom stereocenters. The summed E-state index contributed by atoms with van der Waals surface area (Å²) in [7, 11) is 3.98. The number of amides is 1. The molecule has 1 aliphatic heterocycles. The van der Waals surface area contributed by atoms with E-state index in [1.54, 1.807) is 21.7 Å². The minimum atomic E-state index is -0.381. The molecule has 1 aliphatic rings. The highest BCUT2D eigenvalue weighted by Gasteiger charge is 2.31. The smallest absolute Gasteiger partial charge is 0.274 e. The van der Waals surface area contributed by atoms with Crippen LogP contribution in [0.5, 0.6) is 0 Å². The number of nitrogens with zero attached hydrogens (tertiary/aromatic N) is 5. The molecule has 7 heteroatoms. The van der Waals surface area contributed by atoms with Crippen molar-refractivity contribution >= 4 is 11.6 Å². The Morgan fingerprint density at radius 1 is 1.16 bits per heavy atom. The topological polar surface area (TPSA) is 91.2 Å². The Kier molecular flexibility index (Phi) is 5.72. The predicted octanol–water partition coefficient (Wildman–Crippen LogP) is 3.43. The van der Waals surface area contributed by atoms with Crippen LogP contribution in [0.1, 0.15) is 35.8 Å². The van der Waals surface area contributed by atoms with Crippen molar-refractivity contribution < 1.29 is 4.79 Å². The van der Waals surface area contributed by atoms with Gasteiger partial charge in [0.05, 0.1) is 23.0 Å². The standard InChI is InChI=1S/C25H28N6O/c1-25(27)13-4-14-30(17-25)24(32)22-15-23(19-7-5-18(16-26)6-8-19)31(28-22)21-11-9-20(10-12-21)29(2)3/h5-12,15H,4,13-14,17,27H2,1-3H3/t25-/m0/s1. The van der Waals surface area contributed by atoms with E-state index in [4.69, 9.17) is 16.1 Å². The minimum Gasteiger partial charge on any atom is -0.378 e. The van der Waals surface area contributed by atoms with Crippen molar-refractivity contribution in [1.29, 1.82) is 5.26 Å². The van der Waals surface area contributed by atoms with Crippen LogP contribution >= 0.6 is 0 Å². The quantitative estimate of drug-likeness (QED) is 0.687. The van der Waals surface area contributed by atoms with Crippen LogP contribution in [0.2, 0.25) is 0 Å². The Bertz CT molecular complexity index is 1150. The molecule has 1 aromatic heterocycles. The highest BCUT2D eigenvalue weighted by atomic mass is 16.2. The van der Waals surface area contributed by atoms with E-state index in [-0.39, 0.29) is 11.4 Å². The monoisotopic (exact) mass is 428 g/mol. The minimum absolute atomic E-state index is 0.111. The van der Waals surface area contributed by atoms with E-state index >= 15 is 0 Å². The fraction of sp³-hybridized carbons (Fsp3) is 0.320. The Morgan fingerprint density at radius 3 is 2.44 bits per heavy atom. The summed E-state index contributed by atoms with van der Waals surface area (Å²) in [6.45, 7) is 3.18. The SMILES string of the molecule is CN(C)c1ccc(-n2nc(C(=O)N3CCC[C@](C)(N)C3)cc2-c2ccc(C#N)cc2)cc1. The Hall–Kier alpha value is -3.63. The number of benzene rings is 2. The first-order chi connectivity index (χ1) is 15.3. The van der Waals surface area contributed by atoms with Crippen LogP contribution in [0.25, 0.3) is 16.9 Å². The number of aromatic nitrogens is 2. The summed E-state index contributed by atoms with van der Waals surface area (Å²) >= 11 is 0. The van der Waals surface area contributed by atoms with Gasteiger partial charge in [0.25, 0.3) is 5.91 Å². The molecule has 2 N–H and O–H groups in total. The van der Waals surface area contributed by atoms with Crippen LogP contribution in [0.3, 0.4) is 0 Å². The number of hydrogen-bond donors (Lipinski definition) is 1. The van der Waals surface area contributed by atoms with Gasteiger partial charge in [-0.3, -0.25) is 4.79 Å². The number of nitrogens with two attached hydrogens (primary N) is 1. The maximum atomic E-state index is 13.3. The van der Waals surface area contributed by atoms with Gasteiger partial charge in [-0.05, 0) is 62.2 Å². The first kappa shape index (κ1) is 21.6. The summed E-state index contributed by atoms with van der Waals surface area (Å²) in [5.41, 5.74) is 10.5. The maximum absolute atomic E-state index is 13.3. The molecular formula is C25H28N6O. The highest BCUT2D eigenvalue weighted by Crippen LogP contribution is 2.27. The van der Waals surface area contributed by atoms with Gasteiger partial charge in [0, 0.05) is 44.0 Å². The van der Waals surface area contributed by atoms with Crippen molar-refractivity contribution in [2.75, 3.05) is 32.1 Å². The van der Waals surface area contributed by atoms with E-state index in [9.17, 15) is 4.79 Å². The van der Waals surface area contributed by atoms with Gasteiger partial charge in [0.15, 0.2) is 5.69 Å². The van der Waals surface area contributed by atoms with Gasteiger partial charge in [-0.2, -0.15) is 10.4 Å². The van der Waals surface area contributed by atoms with Crippen molar-refractivity contribution in [2.24, 2.45) is 5.73 Å². The fourth-order valence-electron chi connectivity index (χ4n) is 4.10. The molecule has 1 fully saturated rings. The van der Waals surface area contributed by atoms with Crippen LogP contribution in [0.4, 0.5) is 5.69 Å². The predicted molar refractivity (Wildman–Crippen MR) is 126 cm³/mol. The van der Waals surface area contributed by atoms with Crippen LogP contribution in [0.15, 0.2) is 54.6 Å². The molecule has 0 spiro atoms. The third-order valence-corrected chi connectivity index (χ3v) is 5.86. The van der Waals surface area contributed by atoms with Gasteiger partial charge in [-0.15, -0.1) is 0 Å². The summed E-state index contributed by atoms with van der Waals surface area (Å²) < 4.78 is 1.79. The van der Waals surface area contributed by atoms with E-state index in [0.717, 1.165) is 35.5 Å². The molecule has 0 aliphatic carbocycles. The second-order valence-electron chi connectivity index (χ2n) is 8.91. The molecule has 7 nitrogen and oxygen atoms in total. The van der Waals surface area contributed by atoms with E-state index in [0.29, 0.717) is 24.3 Å². The number of piperidine rings is 1. The number of rotatable bonds is 4. The molecule has 1 amide bonds. The first-order valence-corrected chi connectivity index (χ1v) is 10.7. The van der Waals surface area contributed by atoms with Crippen LogP contribution in [-0.4, -0.2) is 53.3 Å². The van der Waals surface area contributed by atoms with E-state index in [1.165, 1.54) is 0 Å². The maximum Gasteiger partial charge on any atom is 0.274 e. The summed E-state index contributed by atoms with van der Waals surface area (Å²) in [5.74, 6) is -0.111. The Labute approximate surface area is 188 Å². The number of anilines is 1. The van der Waals surface area contributed by atoms with Crippen LogP contribution in [-0.2, 0) is 0 Å². The molecule has 2 heterocycles. The van der Waals surface area contributed by atoms with Gasteiger partial charge in [0.1, 0.15) is 0 Å². The van der Waals surface area contributed by atoms with Gasteiger partial charge < -0.3 is 15.5 Å². The Balaban J connectivity index is 1.75. The Morgan fingerprint density at radius 2 is 1.84 bits per heavy atom. The number of hydrogen-bond acceptors (Lipinski definition) is 5. The number of carbonyl (C=O) groups is 1. The second kappa shape index (κ2) is 8.48. The molecule has 0 bridgehead atoms. The lowest BCUT2D eigenvalue weighted by Crippen LogP contribution is -2.53. The zero-order valence-corrected chi connectivity index (χ0v) is 18.7. The lowest BCUT2D eigenvalue weighted by Gasteiger charge is -2.37. The molecule has 1 saturated heterocycles. The van der Waals surface area contributed by atoms with Crippen LogP contribution in [0, 0.1) is 11.3 Å². The van der Waals surface area contributed by atoms with Gasteiger partial charge in [0.2, 0.25) is 0 Å². The van der Waals surface area contributed by atoms with E-state index < -0.39 is 0 Å². The largest absolute Gasteiger partial charge is 0.378 e. The lowest BCUT2D eigenvalue weighted by atomic mass is 9.92. The second-order valence-corrected chi connectivity index (χ2v) is 8.91. The molecule has 3 aromatic rings. The van der Waals surface area contributed by atoms with E-state index in [2.05, 4.69) is 6.07 Å². The first-order valence-electron chi connectivity index (χ1n) is 10.7.